The number of para-hydroxylation sites is 2. The highest BCUT2D eigenvalue weighted by molar-refractivity contribution is 7.07. The van der Waals surface area contributed by atoms with Crippen molar-refractivity contribution in [3.63, 3.8) is 0 Å². The maximum Gasteiger partial charge on any atom is 0.111 e. The lowest BCUT2D eigenvalue weighted by Gasteiger charge is -2.12. The second-order valence-electron chi connectivity index (χ2n) is 5.04. The topological polar surface area (TPSA) is 43.8 Å². The molecule has 4 heteroatoms. The predicted molar refractivity (Wildman–Crippen MR) is 85.0 cm³/mol. The summed E-state index contributed by atoms with van der Waals surface area (Å²) in [7, 11) is 0. The van der Waals surface area contributed by atoms with Gasteiger partial charge in [-0.3, -0.25) is 0 Å². The number of nitrogens with two attached hydrogens (primary N) is 1. The van der Waals surface area contributed by atoms with Gasteiger partial charge in [-0.1, -0.05) is 19.1 Å². The Labute approximate surface area is 123 Å². The molecule has 3 nitrogen and oxygen atoms in total. The standard InChI is InChI=1S/C16H19N3S/c1-2-8-19-15-6-4-3-5-14(15)18-16(19)10-13(17)12-7-9-20-11-12/h3-7,9,11,13H,2,8,10,17H2,1H3. The van der Waals surface area contributed by atoms with Crippen molar-refractivity contribution in [2.45, 2.75) is 32.4 Å². The Morgan fingerprint density at radius 1 is 1.30 bits per heavy atom. The number of rotatable bonds is 5. The largest absolute Gasteiger partial charge is 0.328 e. The number of aromatic nitrogens is 2. The summed E-state index contributed by atoms with van der Waals surface area (Å²) in [6.07, 6.45) is 1.88. The Morgan fingerprint density at radius 2 is 2.15 bits per heavy atom. The second kappa shape index (κ2) is 5.77. The summed E-state index contributed by atoms with van der Waals surface area (Å²) in [5, 5.41) is 4.20. The lowest BCUT2D eigenvalue weighted by atomic mass is 10.1. The van der Waals surface area contributed by atoms with Gasteiger partial charge in [-0.2, -0.15) is 11.3 Å². The van der Waals surface area contributed by atoms with E-state index < -0.39 is 0 Å². The molecule has 2 aromatic heterocycles. The number of fused-ring (bicyclic) bond motifs is 1. The van der Waals surface area contributed by atoms with Gasteiger partial charge in [0.2, 0.25) is 0 Å². The van der Waals surface area contributed by atoms with Crippen LogP contribution in [0.3, 0.4) is 0 Å². The molecule has 0 spiro atoms. The van der Waals surface area contributed by atoms with Gasteiger partial charge in [0.1, 0.15) is 5.82 Å². The van der Waals surface area contributed by atoms with Crippen LogP contribution in [0.2, 0.25) is 0 Å². The number of hydrogen-bond donors (Lipinski definition) is 1. The molecule has 0 bridgehead atoms. The molecular weight excluding hydrogens is 266 g/mol. The highest BCUT2D eigenvalue weighted by Crippen LogP contribution is 2.22. The Kier molecular flexibility index (Phi) is 3.85. The molecule has 2 N–H and O–H groups in total. The maximum atomic E-state index is 6.31. The van der Waals surface area contributed by atoms with E-state index in [4.69, 9.17) is 10.7 Å². The number of thiophene rings is 1. The molecule has 1 aromatic carbocycles. The van der Waals surface area contributed by atoms with Crippen LogP contribution in [-0.4, -0.2) is 9.55 Å². The summed E-state index contributed by atoms with van der Waals surface area (Å²) < 4.78 is 2.31. The lowest BCUT2D eigenvalue weighted by Crippen LogP contribution is -2.16. The zero-order valence-electron chi connectivity index (χ0n) is 11.6. The van der Waals surface area contributed by atoms with E-state index in [-0.39, 0.29) is 6.04 Å². The van der Waals surface area contributed by atoms with E-state index in [1.54, 1.807) is 11.3 Å². The third-order valence-electron chi connectivity index (χ3n) is 3.55. The lowest BCUT2D eigenvalue weighted by molar-refractivity contribution is 0.610. The second-order valence-corrected chi connectivity index (χ2v) is 5.82. The van der Waals surface area contributed by atoms with E-state index in [2.05, 4.69) is 46.5 Å². The van der Waals surface area contributed by atoms with Crippen molar-refractivity contribution in [3.05, 3.63) is 52.5 Å². The van der Waals surface area contributed by atoms with Gasteiger partial charge in [-0.25, -0.2) is 4.98 Å². The van der Waals surface area contributed by atoms with Crippen LogP contribution in [0.5, 0.6) is 0 Å². The predicted octanol–water partition coefficient (Wildman–Crippen LogP) is 3.75. The summed E-state index contributed by atoms with van der Waals surface area (Å²) in [4.78, 5) is 4.77. The number of nitrogens with zero attached hydrogens (tertiary/aromatic N) is 2. The fourth-order valence-corrected chi connectivity index (χ4v) is 3.28. The smallest absolute Gasteiger partial charge is 0.111 e. The number of benzene rings is 1. The van der Waals surface area contributed by atoms with Crippen molar-refractivity contribution in [2.75, 3.05) is 0 Å². The van der Waals surface area contributed by atoms with Crippen molar-refractivity contribution in [1.29, 1.82) is 0 Å². The minimum Gasteiger partial charge on any atom is -0.328 e. The first-order valence-electron chi connectivity index (χ1n) is 7.01. The Bertz CT molecular complexity index is 685. The third-order valence-corrected chi connectivity index (χ3v) is 4.26. The summed E-state index contributed by atoms with van der Waals surface area (Å²) >= 11 is 1.69. The van der Waals surface area contributed by atoms with Gasteiger partial charge >= 0.3 is 0 Å². The van der Waals surface area contributed by atoms with E-state index in [9.17, 15) is 0 Å². The first-order valence-corrected chi connectivity index (χ1v) is 7.95. The van der Waals surface area contributed by atoms with Gasteiger partial charge in [0.15, 0.2) is 0 Å². The Hall–Kier alpha value is -1.65. The first-order chi connectivity index (χ1) is 9.79. The molecule has 0 fully saturated rings. The van der Waals surface area contributed by atoms with E-state index in [0.717, 1.165) is 30.7 Å². The van der Waals surface area contributed by atoms with Crippen LogP contribution < -0.4 is 5.73 Å². The average Bonchev–Trinajstić information content (AvgIpc) is 3.08. The Balaban J connectivity index is 1.96. The van der Waals surface area contributed by atoms with Gasteiger partial charge in [0.05, 0.1) is 11.0 Å². The summed E-state index contributed by atoms with van der Waals surface area (Å²) in [5.74, 6) is 1.09. The molecule has 0 amide bonds. The van der Waals surface area contributed by atoms with Crippen LogP contribution in [0.15, 0.2) is 41.1 Å². The zero-order valence-corrected chi connectivity index (χ0v) is 12.4. The molecule has 20 heavy (non-hydrogen) atoms. The summed E-state index contributed by atoms with van der Waals surface area (Å²) in [5.41, 5.74) is 9.78. The molecule has 2 heterocycles. The monoisotopic (exact) mass is 285 g/mol. The summed E-state index contributed by atoms with van der Waals surface area (Å²) in [6.45, 7) is 3.18. The fourth-order valence-electron chi connectivity index (χ4n) is 2.55. The molecule has 3 aromatic rings. The number of imidazole rings is 1. The third kappa shape index (κ3) is 2.49. The van der Waals surface area contributed by atoms with E-state index >= 15 is 0 Å². The minimum absolute atomic E-state index is 0.0219. The van der Waals surface area contributed by atoms with E-state index in [1.807, 2.05) is 6.07 Å². The highest BCUT2D eigenvalue weighted by Gasteiger charge is 2.14. The van der Waals surface area contributed by atoms with E-state index in [0.29, 0.717) is 0 Å². The molecule has 0 saturated carbocycles. The van der Waals surface area contributed by atoms with Crippen molar-refractivity contribution in [1.82, 2.24) is 9.55 Å². The molecule has 1 atom stereocenters. The Morgan fingerprint density at radius 3 is 2.90 bits per heavy atom. The van der Waals surface area contributed by atoms with Gasteiger partial charge < -0.3 is 10.3 Å². The van der Waals surface area contributed by atoms with Gasteiger partial charge in [0, 0.05) is 19.0 Å². The molecule has 1 unspecified atom stereocenters. The van der Waals surface area contributed by atoms with Crippen LogP contribution in [0.1, 0.15) is 30.8 Å². The maximum absolute atomic E-state index is 6.31. The molecule has 104 valence electrons. The molecule has 0 radical (unpaired) electrons. The van der Waals surface area contributed by atoms with Crippen molar-refractivity contribution in [3.8, 4) is 0 Å². The molecule has 3 rings (SSSR count). The number of aryl methyl sites for hydroxylation is 1. The molecule has 0 aliphatic rings. The van der Waals surface area contributed by atoms with Gasteiger partial charge in [-0.05, 0) is 40.9 Å². The summed E-state index contributed by atoms with van der Waals surface area (Å²) in [6, 6.07) is 10.4. The minimum atomic E-state index is 0.0219. The van der Waals surface area contributed by atoms with Gasteiger partial charge in [0.25, 0.3) is 0 Å². The van der Waals surface area contributed by atoms with Crippen molar-refractivity contribution < 1.29 is 0 Å². The normalized spacial score (nSPS) is 12.9. The highest BCUT2D eigenvalue weighted by atomic mass is 32.1. The van der Waals surface area contributed by atoms with Gasteiger partial charge in [-0.15, -0.1) is 0 Å². The quantitative estimate of drug-likeness (QED) is 0.776. The van der Waals surface area contributed by atoms with Crippen LogP contribution in [0.25, 0.3) is 11.0 Å². The van der Waals surface area contributed by atoms with Crippen molar-refractivity contribution in [2.24, 2.45) is 5.73 Å². The van der Waals surface area contributed by atoms with Crippen LogP contribution in [0.4, 0.5) is 0 Å². The van der Waals surface area contributed by atoms with Crippen LogP contribution >= 0.6 is 11.3 Å². The van der Waals surface area contributed by atoms with Crippen LogP contribution in [-0.2, 0) is 13.0 Å². The average molecular weight is 285 g/mol. The van der Waals surface area contributed by atoms with E-state index in [1.165, 1.54) is 11.1 Å². The number of hydrogen-bond acceptors (Lipinski definition) is 3. The molecular formula is C16H19N3S. The molecule has 0 aliphatic carbocycles. The SMILES string of the molecule is CCCn1c(CC(N)c2ccsc2)nc2ccccc21. The van der Waals surface area contributed by atoms with Crippen LogP contribution in [0, 0.1) is 0 Å². The fraction of sp³-hybridized carbons (Fsp3) is 0.312. The van der Waals surface area contributed by atoms with Crippen molar-refractivity contribution >= 4 is 22.4 Å². The zero-order chi connectivity index (χ0) is 13.9. The molecule has 0 saturated heterocycles. The first kappa shape index (κ1) is 13.3. The molecule has 0 aliphatic heterocycles.